The Balaban J connectivity index is 2.45. The van der Waals surface area contributed by atoms with Gasteiger partial charge in [-0.05, 0) is 25.1 Å². The fraction of sp³-hybridized carbons (Fsp3) is 0.364. The van der Waals surface area contributed by atoms with Crippen LogP contribution in [0.3, 0.4) is 0 Å². The Morgan fingerprint density at radius 2 is 2.09 bits per heavy atom. The number of benzene rings is 1. The number of hydrogen-bond acceptors (Lipinski definition) is 6. The predicted octanol–water partition coefficient (Wildman–Crippen LogP) is 1.16. The lowest BCUT2D eigenvalue weighted by Crippen LogP contribution is -2.35. The summed E-state index contributed by atoms with van der Waals surface area (Å²) in [5.41, 5.74) is 0.769. The van der Waals surface area contributed by atoms with Gasteiger partial charge in [-0.15, -0.1) is 11.3 Å². The molecule has 0 fully saturated rings. The zero-order chi connectivity index (χ0) is 23.8. The molecule has 0 radical (unpaired) electrons. The van der Waals surface area contributed by atoms with Gasteiger partial charge in [0.1, 0.15) is 21.9 Å². The van der Waals surface area contributed by atoms with E-state index in [1.54, 1.807) is 37.1 Å². The summed E-state index contributed by atoms with van der Waals surface area (Å²) in [4.78, 5) is 38.8. The number of rotatable bonds is 8. The molecule has 0 aliphatic rings. The van der Waals surface area contributed by atoms with Gasteiger partial charge in [0.25, 0.3) is 11.5 Å². The number of hydrogen-bond donors (Lipinski definition) is 2. The number of carbonyl (C=O) groups excluding carboxylic acids is 2. The monoisotopic (exact) mass is 459 g/mol. The molecule has 0 spiro atoms. The summed E-state index contributed by atoms with van der Waals surface area (Å²) in [5, 5.41) is 14.8. The Kier molecular flexibility index (Phi) is 8.72. The average Bonchev–Trinajstić information content (AvgIpc) is 3.10. The van der Waals surface area contributed by atoms with E-state index in [-0.39, 0.29) is 40.7 Å². The van der Waals surface area contributed by atoms with Crippen molar-refractivity contribution in [3.8, 4) is 6.07 Å². The molecule has 0 aliphatic heterocycles. The highest BCUT2D eigenvalue weighted by molar-refractivity contribution is 7.07. The van der Waals surface area contributed by atoms with Crippen LogP contribution in [0.5, 0.6) is 0 Å². The summed E-state index contributed by atoms with van der Waals surface area (Å²) >= 11 is 0.997. The minimum atomic E-state index is -0.755. The molecule has 2 aromatic rings. The van der Waals surface area contributed by atoms with Crippen LogP contribution in [0, 0.1) is 17.2 Å². The topological polar surface area (TPSA) is 107 Å². The van der Waals surface area contributed by atoms with E-state index in [2.05, 4.69) is 10.6 Å². The van der Waals surface area contributed by atoms with E-state index in [1.165, 1.54) is 10.8 Å². The number of aromatic nitrogens is 1. The molecule has 2 amide bonds. The van der Waals surface area contributed by atoms with Crippen molar-refractivity contribution in [1.29, 1.82) is 5.26 Å². The molecule has 0 aliphatic carbocycles. The molecular weight excluding hydrogens is 433 g/mol. The highest BCUT2D eigenvalue weighted by Gasteiger charge is 2.16. The first-order valence-corrected chi connectivity index (χ1v) is 10.9. The van der Waals surface area contributed by atoms with Gasteiger partial charge in [-0.25, -0.2) is 4.39 Å². The maximum atomic E-state index is 12.8. The van der Waals surface area contributed by atoms with Crippen LogP contribution in [0.15, 0.2) is 29.1 Å². The van der Waals surface area contributed by atoms with Gasteiger partial charge in [-0.3, -0.25) is 19.0 Å². The van der Waals surface area contributed by atoms with Gasteiger partial charge >= 0.3 is 0 Å². The van der Waals surface area contributed by atoms with Crippen molar-refractivity contribution < 1.29 is 14.0 Å². The van der Waals surface area contributed by atoms with Gasteiger partial charge in [0.05, 0.1) is 0 Å². The Bertz CT molecular complexity index is 1210. The van der Waals surface area contributed by atoms with Crippen LogP contribution in [0.2, 0.25) is 0 Å². The quantitative estimate of drug-likeness (QED) is 0.616. The van der Waals surface area contributed by atoms with Crippen LogP contribution in [0.4, 0.5) is 15.8 Å². The van der Waals surface area contributed by atoms with E-state index >= 15 is 0 Å². The van der Waals surface area contributed by atoms with Crippen molar-refractivity contribution in [3.63, 3.8) is 0 Å². The maximum Gasteiger partial charge on any atom is 0.270 e. The highest BCUT2D eigenvalue weighted by atomic mass is 32.1. The third-order valence-electron chi connectivity index (χ3n) is 4.58. The first kappa shape index (κ1) is 24.8. The second-order valence-corrected chi connectivity index (χ2v) is 8.17. The average molecular weight is 460 g/mol. The van der Waals surface area contributed by atoms with Gasteiger partial charge in [-0.2, -0.15) is 5.26 Å². The molecule has 2 rings (SSSR count). The van der Waals surface area contributed by atoms with E-state index in [4.69, 9.17) is 0 Å². The summed E-state index contributed by atoms with van der Waals surface area (Å²) in [6, 6.07) is 8.98. The van der Waals surface area contributed by atoms with Crippen LogP contribution in [0.1, 0.15) is 20.8 Å². The normalized spacial score (nSPS) is 12.3. The minimum absolute atomic E-state index is 0.0227. The molecule has 0 bridgehead atoms. The molecule has 10 heteroatoms. The summed E-state index contributed by atoms with van der Waals surface area (Å²) in [5.74, 6) is -0.892. The predicted molar refractivity (Wildman–Crippen MR) is 124 cm³/mol. The van der Waals surface area contributed by atoms with Gasteiger partial charge in [0.2, 0.25) is 5.91 Å². The lowest BCUT2D eigenvalue weighted by molar-refractivity contribution is -0.121. The van der Waals surface area contributed by atoms with E-state index in [1.807, 2.05) is 26.0 Å². The molecule has 170 valence electrons. The Labute approximate surface area is 189 Å². The number of anilines is 2. The van der Waals surface area contributed by atoms with Gasteiger partial charge in [0.15, 0.2) is 5.57 Å². The number of nitrogens with zero attached hydrogens (tertiary/aromatic N) is 3. The number of thiazole rings is 1. The van der Waals surface area contributed by atoms with E-state index in [9.17, 15) is 24.0 Å². The zero-order valence-corrected chi connectivity index (χ0v) is 19.3. The fourth-order valence-corrected chi connectivity index (χ4v) is 3.99. The number of carbonyl (C=O) groups is 2. The standard InChI is InChI=1S/C22H26FN5O3S/c1-5-28-21(31)18(32-22(28)17(12-24)19(29)25-10-9-23)13-26-15-7-6-8-16(11-15)27(4)20(30)14(2)3/h6-8,11,13-14,26H,5,9-10H2,1-4H3,(H,25,29). The fourth-order valence-electron chi connectivity index (χ4n) is 2.91. The third-order valence-corrected chi connectivity index (χ3v) is 5.71. The van der Waals surface area contributed by atoms with Crippen LogP contribution < -0.4 is 30.3 Å². The third kappa shape index (κ3) is 5.62. The first-order chi connectivity index (χ1) is 15.2. The van der Waals surface area contributed by atoms with E-state index in [0.717, 1.165) is 11.3 Å². The molecule has 0 unspecified atom stereocenters. The van der Waals surface area contributed by atoms with E-state index in [0.29, 0.717) is 15.9 Å². The largest absolute Gasteiger partial charge is 0.360 e. The van der Waals surface area contributed by atoms with E-state index < -0.39 is 12.6 Å². The van der Waals surface area contributed by atoms with Gasteiger partial charge in [0, 0.05) is 43.6 Å². The highest BCUT2D eigenvalue weighted by Crippen LogP contribution is 2.20. The Morgan fingerprint density at radius 1 is 1.38 bits per heavy atom. The zero-order valence-electron chi connectivity index (χ0n) is 18.4. The lowest BCUT2D eigenvalue weighted by Gasteiger charge is -2.20. The summed E-state index contributed by atoms with van der Waals surface area (Å²) in [6.07, 6.45) is 1.50. The van der Waals surface area contributed by atoms with Crippen molar-refractivity contribution in [2.45, 2.75) is 27.3 Å². The van der Waals surface area contributed by atoms with Crippen molar-refractivity contribution >= 4 is 46.3 Å². The molecule has 32 heavy (non-hydrogen) atoms. The Morgan fingerprint density at radius 3 is 2.69 bits per heavy atom. The van der Waals surface area contributed by atoms with Crippen LogP contribution in [0.25, 0.3) is 11.8 Å². The van der Waals surface area contributed by atoms with Gasteiger partial charge < -0.3 is 15.5 Å². The van der Waals surface area contributed by atoms with Crippen molar-refractivity contribution in [1.82, 2.24) is 9.88 Å². The summed E-state index contributed by atoms with van der Waals surface area (Å²) in [7, 11) is 1.70. The van der Waals surface area contributed by atoms with Crippen LogP contribution in [-0.2, 0) is 16.1 Å². The molecular formula is C22H26FN5O3S. The number of amides is 2. The Hall–Kier alpha value is -3.45. The molecule has 0 atom stereocenters. The molecule has 1 heterocycles. The van der Waals surface area contributed by atoms with Crippen LogP contribution >= 0.6 is 11.3 Å². The summed E-state index contributed by atoms with van der Waals surface area (Å²) < 4.78 is 14.2. The maximum absolute atomic E-state index is 12.8. The molecule has 8 nitrogen and oxygen atoms in total. The lowest BCUT2D eigenvalue weighted by atomic mass is 10.1. The number of halogens is 1. The molecule has 0 saturated carbocycles. The molecule has 2 N–H and O–H groups in total. The molecule has 1 aromatic carbocycles. The van der Waals surface area contributed by atoms with Crippen molar-refractivity contribution in [3.05, 3.63) is 43.8 Å². The minimum Gasteiger partial charge on any atom is -0.360 e. The smallest absolute Gasteiger partial charge is 0.270 e. The number of nitrogens with one attached hydrogen (secondary N) is 2. The molecule has 0 saturated heterocycles. The van der Waals surface area contributed by atoms with Crippen LogP contribution in [-0.4, -0.2) is 36.6 Å². The first-order valence-electron chi connectivity index (χ1n) is 10.1. The van der Waals surface area contributed by atoms with Crippen molar-refractivity contribution in [2.75, 3.05) is 30.5 Å². The second-order valence-electron chi connectivity index (χ2n) is 7.14. The molecule has 1 aromatic heterocycles. The van der Waals surface area contributed by atoms with Crippen molar-refractivity contribution in [2.24, 2.45) is 5.92 Å². The number of alkyl halides is 1. The van der Waals surface area contributed by atoms with Gasteiger partial charge in [-0.1, -0.05) is 19.9 Å². The number of nitriles is 1. The SMILES string of the molecule is CCn1c(=C(C#N)C(=O)NCCF)sc(=CNc2cccc(N(C)C(=O)C(C)C)c2)c1=O. The second kappa shape index (κ2) is 11.2. The summed E-state index contributed by atoms with van der Waals surface area (Å²) in [6.45, 7) is 4.68.